The number of carbonyl (C=O) groups is 1. The fourth-order valence-electron chi connectivity index (χ4n) is 5.33. The van der Waals surface area contributed by atoms with Crippen LogP contribution in [0, 0.1) is 5.92 Å². The van der Waals surface area contributed by atoms with Crippen molar-refractivity contribution < 1.29 is 19.4 Å². The number of amides is 1. The number of ether oxygens (including phenoxy) is 2. The molecule has 2 aliphatic heterocycles. The number of fused-ring (bicyclic) bond motifs is 1. The largest absolute Gasteiger partial charge is 0.496 e. The van der Waals surface area contributed by atoms with Gasteiger partial charge in [-0.1, -0.05) is 31.0 Å². The summed E-state index contributed by atoms with van der Waals surface area (Å²) in [6, 6.07) is 8.07. The third-order valence-corrected chi connectivity index (χ3v) is 6.83. The first kappa shape index (κ1) is 19.7. The van der Waals surface area contributed by atoms with Crippen LogP contribution in [0.4, 0.5) is 0 Å². The summed E-state index contributed by atoms with van der Waals surface area (Å²) < 4.78 is 11.0. The van der Waals surface area contributed by atoms with E-state index in [4.69, 9.17) is 9.47 Å². The number of hydrogen-bond acceptors (Lipinski definition) is 5. The maximum absolute atomic E-state index is 13.0. The summed E-state index contributed by atoms with van der Waals surface area (Å²) in [6.45, 7) is 3.67. The third kappa shape index (κ3) is 3.78. The van der Waals surface area contributed by atoms with E-state index in [9.17, 15) is 9.90 Å². The fraction of sp³-hybridized carbons (Fsp3) is 0.682. The molecule has 3 atom stereocenters. The van der Waals surface area contributed by atoms with Gasteiger partial charge in [0.05, 0.1) is 32.5 Å². The van der Waals surface area contributed by atoms with E-state index in [1.54, 1.807) is 7.11 Å². The van der Waals surface area contributed by atoms with Gasteiger partial charge in [0.1, 0.15) is 5.75 Å². The van der Waals surface area contributed by atoms with Crippen molar-refractivity contribution in [2.45, 2.75) is 43.7 Å². The number of piperidine rings is 1. The predicted octanol–water partition coefficient (Wildman–Crippen LogP) is 2.22. The standard InChI is InChI=1S/C22H32N2O4/c1-27-19-8-3-2-6-17(19)21-18-7-4-5-9-22(18,26)10-11-24(21)16-20(25)23-12-14-28-15-13-23/h2-3,6,8,18,21,26H,4-5,7,9-16H2,1H3/t18-,21-,22+/m1/s1. The van der Waals surface area contributed by atoms with Crippen molar-refractivity contribution in [3.63, 3.8) is 0 Å². The Kier molecular flexibility index (Phi) is 5.90. The monoisotopic (exact) mass is 388 g/mol. The van der Waals surface area contributed by atoms with E-state index in [0.717, 1.165) is 50.0 Å². The van der Waals surface area contributed by atoms with Crippen LogP contribution >= 0.6 is 0 Å². The van der Waals surface area contributed by atoms with Gasteiger partial charge in [0.15, 0.2) is 0 Å². The first-order valence-electron chi connectivity index (χ1n) is 10.6. The van der Waals surface area contributed by atoms with Crippen LogP contribution in [0.25, 0.3) is 0 Å². The quantitative estimate of drug-likeness (QED) is 0.857. The Labute approximate surface area is 167 Å². The van der Waals surface area contributed by atoms with Crippen molar-refractivity contribution in [2.24, 2.45) is 5.92 Å². The number of hydrogen-bond donors (Lipinski definition) is 1. The molecule has 0 spiro atoms. The molecule has 1 N–H and O–H groups in total. The maximum Gasteiger partial charge on any atom is 0.236 e. The number of morpholine rings is 1. The van der Waals surface area contributed by atoms with Gasteiger partial charge in [-0.15, -0.1) is 0 Å². The molecule has 2 saturated heterocycles. The lowest BCUT2D eigenvalue weighted by Gasteiger charge is -2.53. The zero-order chi connectivity index (χ0) is 19.6. The normalized spacial score (nSPS) is 31.3. The molecular weight excluding hydrogens is 356 g/mol. The Morgan fingerprint density at radius 2 is 2.00 bits per heavy atom. The van der Waals surface area contributed by atoms with Crippen molar-refractivity contribution in [3.8, 4) is 5.75 Å². The molecule has 154 valence electrons. The lowest BCUT2D eigenvalue weighted by atomic mass is 9.66. The SMILES string of the molecule is COc1ccccc1[C@@H]1[C@H]2CCCC[C@]2(O)CCN1CC(=O)N1CCOCC1. The van der Waals surface area contributed by atoms with Gasteiger partial charge in [-0.3, -0.25) is 9.69 Å². The minimum atomic E-state index is -0.637. The first-order valence-corrected chi connectivity index (χ1v) is 10.6. The molecule has 0 radical (unpaired) electrons. The van der Waals surface area contributed by atoms with E-state index in [-0.39, 0.29) is 17.9 Å². The molecular formula is C22H32N2O4. The predicted molar refractivity (Wildman–Crippen MR) is 106 cm³/mol. The topological polar surface area (TPSA) is 62.2 Å². The number of aliphatic hydroxyl groups is 1. The second-order valence-electron chi connectivity index (χ2n) is 8.36. The number of likely N-dealkylation sites (tertiary alicyclic amines) is 1. The minimum Gasteiger partial charge on any atom is -0.496 e. The summed E-state index contributed by atoms with van der Waals surface area (Å²) in [5, 5.41) is 11.4. The van der Waals surface area contributed by atoms with Gasteiger partial charge in [0.2, 0.25) is 5.91 Å². The summed E-state index contributed by atoms with van der Waals surface area (Å²) in [6.07, 6.45) is 4.79. The number of methoxy groups -OCH3 is 1. The molecule has 3 aliphatic rings. The molecule has 28 heavy (non-hydrogen) atoms. The molecule has 0 bridgehead atoms. The van der Waals surface area contributed by atoms with E-state index >= 15 is 0 Å². The summed E-state index contributed by atoms with van der Waals surface area (Å²) >= 11 is 0. The highest BCUT2D eigenvalue weighted by atomic mass is 16.5. The Balaban J connectivity index is 1.63. The molecule has 6 nitrogen and oxygen atoms in total. The summed E-state index contributed by atoms with van der Waals surface area (Å²) in [4.78, 5) is 17.2. The molecule has 1 amide bonds. The van der Waals surface area contributed by atoms with Crippen LogP contribution in [0.3, 0.4) is 0 Å². The number of nitrogens with zero attached hydrogens (tertiary/aromatic N) is 2. The van der Waals surface area contributed by atoms with Crippen LogP contribution < -0.4 is 4.74 Å². The average molecular weight is 389 g/mol. The average Bonchev–Trinajstić information content (AvgIpc) is 2.74. The molecule has 4 rings (SSSR count). The van der Waals surface area contributed by atoms with Crippen LogP contribution in [-0.2, 0) is 9.53 Å². The Morgan fingerprint density at radius 3 is 2.79 bits per heavy atom. The van der Waals surface area contributed by atoms with Gasteiger partial charge in [-0.25, -0.2) is 0 Å². The van der Waals surface area contributed by atoms with Crippen LogP contribution in [0.1, 0.15) is 43.7 Å². The van der Waals surface area contributed by atoms with Gasteiger partial charge in [0.25, 0.3) is 0 Å². The second-order valence-corrected chi connectivity index (χ2v) is 8.36. The maximum atomic E-state index is 13.0. The lowest BCUT2D eigenvalue weighted by Crippen LogP contribution is -2.57. The third-order valence-electron chi connectivity index (χ3n) is 6.83. The molecule has 1 saturated carbocycles. The van der Waals surface area contributed by atoms with Gasteiger partial charge >= 0.3 is 0 Å². The van der Waals surface area contributed by atoms with E-state index in [1.807, 2.05) is 23.1 Å². The zero-order valence-corrected chi connectivity index (χ0v) is 16.8. The van der Waals surface area contributed by atoms with Crippen molar-refractivity contribution in [1.82, 2.24) is 9.80 Å². The second kappa shape index (κ2) is 8.39. The van der Waals surface area contributed by atoms with Crippen LogP contribution in [0.5, 0.6) is 5.75 Å². The molecule has 1 aliphatic carbocycles. The van der Waals surface area contributed by atoms with Gasteiger partial charge < -0.3 is 19.5 Å². The van der Waals surface area contributed by atoms with E-state index < -0.39 is 5.60 Å². The molecule has 0 aromatic heterocycles. The summed E-state index contributed by atoms with van der Waals surface area (Å²) in [7, 11) is 1.69. The van der Waals surface area contributed by atoms with E-state index in [1.165, 1.54) is 0 Å². The summed E-state index contributed by atoms with van der Waals surface area (Å²) in [5.74, 6) is 1.12. The highest BCUT2D eigenvalue weighted by Gasteiger charge is 2.50. The van der Waals surface area contributed by atoms with Gasteiger partial charge in [0, 0.05) is 37.2 Å². The van der Waals surface area contributed by atoms with Crippen LogP contribution in [-0.4, -0.2) is 72.9 Å². The zero-order valence-electron chi connectivity index (χ0n) is 16.8. The van der Waals surface area contributed by atoms with Crippen LogP contribution in [0.15, 0.2) is 24.3 Å². The molecule has 1 aromatic rings. The smallest absolute Gasteiger partial charge is 0.236 e. The highest BCUT2D eigenvalue weighted by molar-refractivity contribution is 5.78. The van der Waals surface area contributed by atoms with Crippen molar-refractivity contribution in [3.05, 3.63) is 29.8 Å². The van der Waals surface area contributed by atoms with Crippen molar-refractivity contribution in [1.29, 1.82) is 0 Å². The van der Waals surface area contributed by atoms with Gasteiger partial charge in [-0.05, 0) is 25.3 Å². The minimum absolute atomic E-state index is 0.000176. The van der Waals surface area contributed by atoms with Crippen LogP contribution in [0.2, 0.25) is 0 Å². The number of carbonyl (C=O) groups excluding carboxylic acids is 1. The van der Waals surface area contributed by atoms with Crippen molar-refractivity contribution in [2.75, 3.05) is 46.5 Å². The van der Waals surface area contributed by atoms with E-state index in [2.05, 4.69) is 11.0 Å². The molecule has 0 unspecified atom stereocenters. The number of rotatable bonds is 4. The van der Waals surface area contributed by atoms with E-state index in [0.29, 0.717) is 32.8 Å². The molecule has 1 aromatic carbocycles. The molecule has 3 fully saturated rings. The molecule has 2 heterocycles. The fourth-order valence-corrected chi connectivity index (χ4v) is 5.33. The Hall–Kier alpha value is -1.63. The highest BCUT2D eigenvalue weighted by Crippen LogP contribution is 2.50. The van der Waals surface area contributed by atoms with Crippen molar-refractivity contribution >= 4 is 5.91 Å². The molecule has 6 heteroatoms. The first-order chi connectivity index (χ1) is 13.6. The number of para-hydroxylation sites is 1. The number of benzene rings is 1. The van der Waals surface area contributed by atoms with Gasteiger partial charge in [-0.2, -0.15) is 0 Å². The summed E-state index contributed by atoms with van der Waals surface area (Å²) in [5.41, 5.74) is 0.451. The Morgan fingerprint density at radius 1 is 1.21 bits per heavy atom. The Bertz CT molecular complexity index is 691. The lowest BCUT2D eigenvalue weighted by molar-refractivity contribution is -0.147.